The summed E-state index contributed by atoms with van der Waals surface area (Å²) in [5.74, 6) is -5.13. The molecule has 3 amide bonds. The van der Waals surface area contributed by atoms with Gasteiger partial charge < -0.3 is 19.9 Å². The van der Waals surface area contributed by atoms with E-state index in [2.05, 4.69) is 12.2 Å². The van der Waals surface area contributed by atoms with Crippen molar-refractivity contribution in [1.29, 1.82) is 0 Å². The second-order valence-electron chi connectivity index (χ2n) is 8.59. The van der Waals surface area contributed by atoms with Crippen molar-refractivity contribution in [2.45, 2.75) is 63.7 Å². The molecule has 0 aromatic heterocycles. The average molecular weight is 433 g/mol. The number of alkyl halides is 2. The normalized spacial score (nSPS) is 26.7. The number of nitrogens with one attached hydrogen (secondary N) is 1. The number of nitrogens with zero attached hydrogens (tertiary/aromatic N) is 2. The molecular formula is C22H25F2N3O4. The predicted molar refractivity (Wildman–Crippen MR) is 106 cm³/mol. The van der Waals surface area contributed by atoms with E-state index in [9.17, 15) is 28.0 Å². The first kappa shape index (κ1) is 21.4. The molecule has 1 N–H and O–H groups in total. The summed E-state index contributed by atoms with van der Waals surface area (Å²) in [5.41, 5.74) is 3.45. The van der Waals surface area contributed by atoms with Crippen molar-refractivity contribution in [3.05, 3.63) is 34.9 Å². The number of benzene rings is 1. The standard InChI is InChI=1S/C22H25F2N3O4/c1-2-13-4-3-5-14-9-26(10-17(13)14)19(29)7-15-6-18(25-20(15)30)21(31)27-12-22(23,24)8-16(27)11-28/h3-5,11,15-16,18H,2,6-10,12H2,1H3,(H,25,30)/t15-,16-,18-/m0/s1. The summed E-state index contributed by atoms with van der Waals surface area (Å²) in [6.07, 6.45) is 0.514. The predicted octanol–water partition coefficient (Wildman–Crippen LogP) is 1.42. The van der Waals surface area contributed by atoms with Gasteiger partial charge in [0.05, 0.1) is 12.6 Å². The molecule has 2 fully saturated rings. The molecule has 2 saturated heterocycles. The molecule has 166 valence electrons. The van der Waals surface area contributed by atoms with E-state index in [0.717, 1.165) is 22.4 Å². The van der Waals surface area contributed by atoms with E-state index in [1.807, 2.05) is 18.2 Å². The fraction of sp³-hybridized carbons (Fsp3) is 0.545. The lowest BCUT2D eigenvalue weighted by atomic mass is 9.99. The van der Waals surface area contributed by atoms with Crippen LogP contribution in [0.2, 0.25) is 0 Å². The van der Waals surface area contributed by atoms with Crippen LogP contribution in [0.25, 0.3) is 0 Å². The third-order valence-electron chi connectivity index (χ3n) is 6.49. The Kier molecular flexibility index (Phi) is 5.53. The Balaban J connectivity index is 1.38. The first-order valence-electron chi connectivity index (χ1n) is 10.5. The van der Waals surface area contributed by atoms with Crippen molar-refractivity contribution in [2.75, 3.05) is 6.54 Å². The van der Waals surface area contributed by atoms with Crippen LogP contribution in [-0.2, 0) is 38.7 Å². The highest BCUT2D eigenvalue weighted by Gasteiger charge is 2.50. The summed E-state index contributed by atoms with van der Waals surface area (Å²) in [5, 5.41) is 2.52. The lowest BCUT2D eigenvalue weighted by molar-refractivity contribution is -0.137. The molecule has 1 aromatic carbocycles. The van der Waals surface area contributed by atoms with E-state index in [1.54, 1.807) is 4.90 Å². The van der Waals surface area contributed by atoms with Crippen LogP contribution >= 0.6 is 0 Å². The van der Waals surface area contributed by atoms with Gasteiger partial charge in [-0.1, -0.05) is 25.1 Å². The molecule has 7 nitrogen and oxygen atoms in total. The molecular weight excluding hydrogens is 408 g/mol. The Hall–Kier alpha value is -2.84. The number of carbonyl (C=O) groups is 4. The maximum atomic E-state index is 13.7. The summed E-state index contributed by atoms with van der Waals surface area (Å²) in [6.45, 7) is 2.21. The second kappa shape index (κ2) is 8.01. The highest BCUT2D eigenvalue weighted by Crippen LogP contribution is 2.33. The van der Waals surface area contributed by atoms with Crippen molar-refractivity contribution < 1.29 is 28.0 Å². The Bertz CT molecular complexity index is 935. The van der Waals surface area contributed by atoms with Crippen LogP contribution in [0.5, 0.6) is 0 Å². The number of hydrogen-bond donors (Lipinski definition) is 1. The third-order valence-corrected chi connectivity index (χ3v) is 6.49. The minimum Gasteiger partial charge on any atom is -0.344 e. The maximum Gasteiger partial charge on any atom is 0.267 e. The van der Waals surface area contributed by atoms with Crippen molar-refractivity contribution in [3.8, 4) is 0 Å². The van der Waals surface area contributed by atoms with Crippen molar-refractivity contribution in [2.24, 2.45) is 5.92 Å². The molecule has 0 spiro atoms. The fourth-order valence-corrected chi connectivity index (χ4v) is 4.83. The van der Waals surface area contributed by atoms with Gasteiger partial charge in [0.25, 0.3) is 5.92 Å². The number of halogens is 2. The minimum atomic E-state index is -3.12. The van der Waals surface area contributed by atoms with Gasteiger partial charge >= 0.3 is 0 Å². The molecule has 1 aromatic rings. The Labute approximate surface area is 178 Å². The molecule has 31 heavy (non-hydrogen) atoms. The first-order valence-corrected chi connectivity index (χ1v) is 10.5. The molecule has 4 rings (SSSR count). The van der Waals surface area contributed by atoms with Gasteiger partial charge in [0, 0.05) is 31.8 Å². The van der Waals surface area contributed by atoms with Gasteiger partial charge in [0.1, 0.15) is 12.3 Å². The molecule has 3 heterocycles. The first-order chi connectivity index (χ1) is 14.7. The van der Waals surface area contributed by atoms with Gasteiger partial charge in [-0.25, -0.2) is 8.78 Å². The average Bonchev–Trinajstić information content (AvgIpc) is 3.41. The summed E-state index contributed by atoms with van der Waals surface area (Å²) in [7, 11) is 0. The number of aryl methyl sites for hydroxylation is 1. The molecule has 0 saturated carbocycles. The van der Waals surface area contributed by atoms with Crippen molar-refractivity contribution >= 4 is 24.0 Å². The molecule has 0 aliphatic carbocycles. The summed E-state index contributed by atoms with van der Waals surface area (Å²) in [4.78, 5) is 51.6. The van der Waals surface area contributed by atoms with Crippen LogP contribution in [0.3, 0.4) is 0 Å². The number of aldehydes is 1. The maximum absolute atomic E-state index is 13.7. The van der Waals surface area contributed by atoms with Gasteiger partial charge in [-0.05, 0) is 29.5 Å². The van der Waals surface area contributed by atoms with Crippen LogP contribution in [0, 0.1) is 5.92 Å². The van der Waals surface area contributed by atoms with E-state index in [0.29, 0.717) is 19.4 Å². The number of amides is 3. The zero-order valence-electron chi connectivity index (χ0n) is 17.3. The highest BCUT2D eigenvalue weighted by molar-refractivity contribution is 5.95. The number of rotatable bonds is 5. The molecule has 3 aliphatic heterocycles. The molecule has 0 bridgehead atoms. The van der Waals surface area contributed by atoms with Crippen molar-refractivity contribution in [1.82, 2.24) is 15.1 Å². The lowest BCUT2D eigenvalue weighted by Gasteiger charge is -2.23. The summed E-state index contributed by atoms with van der Waals surface area (Å²) >= 11 is 0. The number of fused-ring (bicyclic) bond motifs is 1. The largest absolute Gasteiger partial charge is 0.344 e. The van der Waals surface area contributed by atoms with Crippen LogP contribution in [0.4, 0.5) is 8.78 Å². The van der Waals surface area contributed by atoms with Gasteiger partial charge in [0.2, 0.25) is 17.7 Å². The Morgan fingerprint density at radius 1 is 1.29 bits per heavy atom. The quantitative estimate of drug-likeness (QED) is 0.712. The van der Waals surface area contributed by atoms with Gasteiger partial charge in [-0.2, -0.15) is 0 Å². The number of hydrogen-bond acceptors (Lipinski definition) is 4. The van der Waals surface area contributed by atoms with E-state index >= 15 is 0 Å². The van der Waals surface area contributed by atoms with Crippen LogP contribution < -0.4 is 5.32 Å². The third kappa shape index (κ3) is 4.05. The molecule has 3 aliphatic rings. The van der Waals surface area contributed by atoms with Crippen LogP contribution in [-0.4, -0.2) is 58.4 Å². The topological polar surface area (TPSA) is 86.8 Å². The van der Waals surface area contributed by atoms with E-state index < -0.39 is 48.7 Å². The number of likely N-dealkylation sites (tertiary alicyclic amines) is 1. The highest BCUT2D eigenvalue weighted by atomic mass is 19.3. The zero-order valence-corrected chi connectivity index (χ0v) is 17.3. The van der Waals surface area contributed by atoms with Gasteiger partial charge in [-0.3, -0.25) is 14.4 Å². The second-order valence-corrected chi connectivity index (χ2v) is 8.59. The van der Waals surface area contributed by atoms with E-state index in [1.165, 1.54) is 5.56 Å². The monoisotopic (exact) mass is 433 g/mol. The van der Waals surface area contributed by atoms with Crippen molar-refractivity contribution in [3.63, 3.8) is 0 Å². The minimum absolute atomic E-state index is 0.0433. The zero-order chi connectivity index (χ0) is 22.3. The number of carbonyl (C=O) groups excluding carboxylic acids is 4. The molecule has 0 unspecified atom stereocenters. The SMILES string of the molecule is CCc1cccc2c1CN(C(=O)C[C@@H]1C[C@@H](C(=O)N3CC(F)(F)C[C@H]3C=O)NC1=O)C2. The lowest BCUT2D eigenvalue weighted by Crippen LogP contribution is -2.47. The van der Waals surface area contributed by atoms with E-state index in [-0.39, 0.29) is 18.7 Å². The van der Waals surface area contributed by atoms with Gasteiger partial charge in [-0.15, -0.1) is 0 Å². The van der Waals surface area contributed by atoms with E-state index in [4.69, 9.17) is 0 Å². The molecule has 9 heteroatoms. The summed E-state index contributed by atoms with van der Waals surface area (Å²) < 4.78 is 27.3. The van der Waals surface area contributed by atoms with Crippen LogP contribution in [0.1, 0.15) is 42.9 Å². The van der Waals surface area contributed by atoms with Crippen LogP contribution in [0.15, 0.2) is 18.2 Å². The van der Waals surface area contributed by atoms with Gasteiger partial charge in [0.15, 0.2) is 0 Å². The Morgan fingerprint density at radius 2 is 2.06 bits per heavy atom. The smallest absolute Gasteiger partial charge is 0.267 e. The Morgan fingerprint density at radius 3 is 2.77 bits per heavy atom. The molecule has 0 radical (unpaired) electrons. The molecule has 3 atom stereocenters. The fourth-order valence-electron chi connectivity index (χ4n) is 4.83. The summed E-state index contributed by atoms with van der Waals surface area (Å²) in [6, 6.07) is 3.82.